The topological polar surface area (TPSA) is 0 Å². The van der Waals surface area contributed by atoms with Gasteiger partial charge in [0.15, 0.2) is 5.92 Å². The van der Waals surface area contributed by atoms with Gasteiger partial charge in [-0.25, -0.2) is 0 Å². The summed E-state index contributed by atoms with van der Waals surface area (Å²) in [6, 6.07) is 0. The zero-order chi connectivity index (χ0) is 10.7. The van der Waals surface area contributed by atoms with E-state index in [9.17, 15) is 26.3 Å². The number of unbranched alkanes of at least 4 members (excludes halogenated alkanes) is 1. The maximum Gasteiger partial charge on any atom is 0.400 e. The predicted molar refractivity (Wildman–Crippen MR) is 34.8 cm³/mol. The highest BCUT2D eigenvalue weighted by atomic mass is 19.4. The summed E-state index contributed by atoms with van der Waals surface area (Å²) in [6.07, 6.45) is -11.4. The molecule has 1 radical (unpaired) electrons. The van der Waals surface area contributed by atoms with Crippen LogP contribution in [0, 0.1) is 12.8 Å². The molecule has 79 valence electrons. The summed E-state index contributed by atoms with van der Waals surface area (Å²) >= 11 is 0. The molecule has 0 rings (SSSR count). The zero-order valence-electron chi connectivity index (χ0n) is 6.67. The van der Waals surface area contributed by atoms with E-state index in [4.69, 9.17) is 0 Å². The van der Waals surface area contributed by atoms with Crippen LogP contribution < -0.4 is 0 Å². The van der Waals surface area contributed by atoms with Gasteiger partial charge >= 0.3 is 12.4 Å². The minimum absolute atomic E-state index is 0.0721. The van der Waals surface area contributed by atoms with Crippen molar-refractivity contribution in [3.63, 3.8) is 0 Å². The van der Waals surface area contributed by atoms with Gasteiger partial charge in [0.2, 0.25) is 0 Å². The van der Waals surface area contributed by atoms with Gasteiger partial charge in [-0.3, -0.25) is 0 Å². The standard InChI is InChI=1S/C7H9F6/c1-2-3-4-5(6(8,9)10)7(11,12)13/h5H,1-4H2. The third-order valence-corrected chi connectivity index (χ3v) is 1.53. The third kappa shape index (κ3) is 4.38. The number of rotatable bonds is 3. The molecule has 0 aliphatic heterocycles. The Bertz CT molecular complexity index is 130. The highest BCUT2D eigenvalue weighted by Gasteiger charge is 2.55. The summed E-state index contributed by atoms with van der Waals surface area (Å²) in [5.74, 6) is -3.21. The Morgan fingerprint density at radius 3 is 1.54 bits per heavy atom. The van der Waals surface area contributed by atoms with Crippen LogP contribution in [-0.4, -0.2) is 12.4 Å². The van der Waals surface area contributed by atoms with Crippen LogP contribution in [0.15, 0.2) is 0 Å². The van der Waals surface area contributed by atoms with E-state index in [1.165, 1.54) is 0 Å². The Kier molecular flexibility index (Phi) is 4.06. The second-order valence-electron chi connectivity index (χ2n) is 2.63. The van der Waals surface area contributed by atoms with Gasteiger partial charge in [-0.2, -0.15) is 26.3 Å². The maximum atomic E-state index is 11.8. The summed E-state index contributed by atoms with van der Waals surface area (Å²) in [7, 11) is 0. The van der Waals surface area contributed by atoms with E-state index in [0.717, 1.165) is 0 Å². The molecule has 0 bridgehead atoms. The minimum Gasteiger partial charge on any atom is -0.170 e. The number of hydrogen-bond acceptors (Lipinski definition) is 0. The Morgan fingerprint density at radius 1 is 0.923 bits per heavy atom. The zero-order valence-corrected chi connectivity index (χ0v) is 6.67. The van der Waals surface area contributed by atoms with Crippen molar-refractivity contribution >= 4 is 0 Å². The molecule has 0 aromatic carbocycles. The average molecular weight is 207 g/mol. The lowest BCUT2D eigenvalue weighted by Crippen LogP contribution is -2.36. The van der Waals surface area contributed by atoms with Gasteiger partial charge in [0.05, 0.1) is 0 Å². The lowest BCUT2D eigenvalue weighted by atomic mass is 10.0. The molecule has 0 aliphatic rings. The molecule has 0 aromatic heterocycles. The van der Waals surface area contributed by atoms with Crippen molar-refractivity contribution in [1.82, 2.24) is 0 Å². The summed E-state index contributed by atoms with van der Waals surface area (Å²) in [6.45, 7) is 3.19. The van der Waals surface area contributed by atoms with E-state index in [1.54, 1.807) is 0 Å². The third-order valence-electron chi connectivity index (χ3n) is 1.53. The van der Waals surface area contributed by atoms with Crippen LogP contribution in [0.2, 0.25) is 0 Å². The van der Waals surface area contributed by atoms with Crippen LogP contribution in [-0.2, 0) is 0 Å². The van der Waals surface area contributed by atoms with Gasteiger partial charge in [-0.05, 0) is 6.42 Å². The molecular formula is C7H9F6. The van der Waals surface area contributed by atoms with Crippen LogP contribution in [0.4, 0.5) is 26.3 Å². The van der Waals surface area contributed by atoms with Gasteiger partial charge in [0.25, 0.3) is 0 Å². The van der Waals surface area contributed by atoms with E-state index < -0.39 is 24.7 Å². The predicted octanol–water partition coefficient (Wildman–Crippen LogP) is 3.73. The monoisotopic (exact) mass is 207 g/mol. The summed E-state index contributed by atoms with van der Waals surface area (Å²) in [5, 5.41) is 0. The first-order chi connectivity index (χ1) is 5.69. The van der Waals surface area contributed by atoms with Crippen molar-refractivity contribution in [2.45, 2.75) is 31.6 Å². The molecule has 13 heavy (non-hydrogen) atoms. The SMILES string of the molecule is [CH2]CCCC(C(F)(F)F)C(F)(F)F. The van der Waals surface area contributed by atoms with Crippen LogP contribution >= 0.6 is 0 Å². The smallest absolute Gasteiger partial charge is 0.170 e. The van der Waals surface area contributed by atoms with Gasteiger partial charge in [-0.1, -0.05) is 19.8 Å². The molecule has 0 fully saturated rings. The van der Waals surface area contributed by atoms with Crippen molar-refractivity contribution < 1.29 is 26.3 Å². The van der Waals surface area contributed by atoms with Crippen LogP contribution in [0.25, 0.3) is 0 Å². The van der Waals surface area contributed by atoms with E-state index in [1.807, 2.05) is 0 Å². The maximum absolute atomic E-state index is 11.8. The molecule has 0 unspecified atom stereocenters. The van der Waals surface area contributed by atoms with Crippen LogP contribution in [0.1, 0.15) is 19.3 Å². The molecule has 0 aromatic rings. The van der Waals surface area contributed by atoms with Crippen LogP contribution in [0.5, 0.6) is 0 Å². The van der Waals surface area contributed by atoms with Crippen molar-refractivity contribution in [1.29, 1.82) is 0 Å². The summed E-state index contributed by atoms with van der Waals surface area (Å²) < 4.78 is 70.8. The van der Waals surface area contributed by atoms with Gasteiger partial charge in [0, 0.05) is 0 Å². The lowest BCUT2D eigenvalue weighted by molar-refractivity contribution is -0.285. The molecule has 0 nitrogen and oxygen atoms in total. The van der Waals surface area contributed by atoms with Crippen molar-refractivity contribution in [2.75, 3.05) is 0 Å². The molecule has 0 saturated carbocycles. The van der Waals surface area contributed by atoms with E-state index >= 15 is 0 Å². The average Bonchev–Trinajstić information content (AvgIpc) is 1.81. The second-order valence-corrected chi connectivity index (χ2v) is 2.63. The van der Waals surface area contributed by atoms with Gasteiger partial charge < -0.3 is 0 Å². The summed E-state index contributed by atoms with van der Waals surface area (Å²) in [4.78, 5) is 0. The number of halogens is 6. The fourth-order valence-electron chi connectivity index (χ4n) is 0.861. The Hall–Kier alpha value is -0.420. The quantitative estimate of drug-likeness (QED) is 0.618. The normalized spacial score (nSPS) is 13.8. The van der Waals surface area contributed by atoms with Crippen molar-refractivity contribution in [3.05, 3.63) is 6.92 Å². The Morgan fingerprint density at radius 2 is 1.31 bits per heavy atom. The first-order valence-corrected chi connectivity index (χ1v) is 3.62. The first-order valence-electron chi connectivity index (χ1n) is 3.62. The van der Waals surface area contributed by atoms with Gasteiger partial charge in [-0.15, -0.1) is 0 Å². The molecule has 0 aliphatic carbocycles. The fourth-order valence-corrected chi connectivity index (χ4v) is 0.861. The highest BCUT2D eigenvalue weighted by Crippen LogP contribution is 2.41. The summed E-state index contributed by atoms with van der Waals surface area (Å²) in [5.41, 5.74) is 0. The van der Waals surface area contributed by atoms with Crippen molar-refractivity contribution in [3.8, 4) is 0 Å². The molecule has 0 amide bonds. The van der Waals surface area contributed by atoms with Crippen LogP contribution in [0.3, 0.4) is 0 Å². The number of alkyl halides is 6. The van der Waals surface area contributed by atoms with E-state index in [-0.39, 0.29) is 12.8 Å². The minimum atomic E-state index is -5.20. The Balaban J connectivity index is 4.39. The van der Waals surface area contributed by atoms with E-state index in [0.29, 0.717) is 0 Å². The molecule has 0 N–H and O–H groups in total. The Labute approximate surface area is 71.9 Å². The largest absolute Gasteiger partial charge is 0.400 e. The second kappa shape index (κ2) is 4.19. The fraction of sp³-hybridized carbons (Fsp3) is 0.857. The first kappa shape index (κ1) is 12.6. The molecule has 6 heteroatoms. The highest BCUT2D eigenvalue weighted by molar-refractivity contribution is 4.75. The molecule has 0 spiro atoms. The lowest BCUT2D eigenvalue weighted by Gasteiger charge is -2.22. The molecule has 0 saturated heterocycles. The van der Waals surface area contributed by atoms with Crippen molar-refractivity contribution in [2.24, 2.45) is 5.92 Å². The van der Waals surface area contributed by atoms with Gasteiger partial charge in [0.1, 0.15) is 0 Å². The molecule has 0 heterocycles. The number of hydrogen-bond donors (Lipinski definition) is 0. The molecular weight excluding hydrogens is 198 g/mol. The molecule has 0 atom stereocenters. The van der Waals surface area contributed by atoms with E-state index in [2.05, 4.69) is 6.92 Å².